The third-order valence-corrected chi connectivity index (χ3v) is 1.89. The first kappa shape index (κ1) is 9.71. The maximum absolute atomic E-state index is 9.37. The first-order chi connectivity index (χ1) is 5.65. The third-order valence-electron chi connectivity index (χ3n) is 1.43. The number of rotatable bonds is 2. The van der Waals surface area contributed by atoms with Crippen LogP contribution in [-0.4, -0.2) is 15.1 Å². The summed E-state index contributed by atoms with van der Waals surface area (Å²) < 4.78 is 0. The minimum Gasteiger partial charge on any atom is -0.387 e. The average molecular weight is 207 g/mol. The number of nitrogens with zero attached hydrogens (tertiary/aromatic N) is 2. The summed E-state index contributed by atoms with van der Waals surface area (Å²) in [5, 5.41) is 9.76. The van der Waals surface area contributed by atoms with E-state index in [2.05, 4.69) is 9.97 Å². The van der Waals surface area contributed by atoms with Crippen molar-refractivity contribution < 1.29 is 5.11 Å². The maximum Gasteiger partial charge on any atom is 0.154 e. The van der Waals surface area contributed by atoms with Crippen molar-refractivity contribution in [2.24, 2.45) is 0 Å². The molecule has 12 heavy (non-hydrogen) atoms. The summed E-state index contributed by atoms with van der Waals surface area (Å²) in [6.45, 7) is 1.83. The van der Waals surface area contributed by atoms with Gasteiger partial charge >= 0.3 is 0 Å². The molecule has 1 heterocycles. The van der Waals surface area contributed by atoms with Crippen molar-refractivity contribution >= 4 is 23.2 Å². The van der Waals surface area contributed by atoms with Crippen LogP contribution in [0.2, 0.25) is 10.3 Å². The molecule has 1 atom stereocenters. The van der Waals surface area contributed by atoms with Gasteiger partial charge < -0.3 is 5.11 Å². The van der Waals surface area contributed by atoms with E-state index in [1.54, 1.807) is 0 Å². The van der Waals surface area contributed by atoms with Crippen LogP contribution in [0, 0.1) is 0 Å². The van der Waals surface area contributed by atoms with E-state index in [0.717, 1.165) is 0 Å². The Morgan fingerprint density at radius 3 is 2.75 bits per heavy atom. The molecule has 0 aliphatic carbocycles. The summed E-state index contributed by atoms with van der Waals surface area (Å²) in [7, 11) is 0. The van der Waals surface area contributed by atoms with Crippen LogP contribution in [0.3, 0.4) is 0 Å². The first-order valence-corrected chi connectivity index (χ1v) is 4.26. The Balaban J connectivity index is 3.01. The molecule has 1 N–H and O–H groups in total. The highest BCUT2D eigenvalue weighted by atomic mass is 35.5. The van der Waals surface area contributed by atoms with Crippen LogP contribution in [-0.2, 0) is 0 Å². The first-order valence-electron chi connectivity index (χ1n) is 3.51. The van der Waals surface area contributed by atoms with Gasteiger partial charge in [-0.1, -0.05) is 30.1 Å². The highest BCUT2D eigenvalue weighted by Gasteiger charge is 2.12. The molecule has 1 rings (SSSR count). The molecule has 1 aromatic rings. The number of aliphatic hydroxyl groups excluding tert-OH is 1. The molecule has 0 aliphatic rings. The highest BCUT2D eigenvalue weighted by molar-refractivity contribution is 6.32. The molecule has 0 aliphatic heterocycles. The summed E-state index contributed by atoms with van der Waals surface area (Å²) >= 11 is 11.2. The summed E-state index contributed by atoms with van der Waals surface area (Å²) in [6, 6.07) is 0. The Labute approximate surface area is 80.4 Å². The van der Waals surface area contributed by atoms with Gasteiger partial charge in [0.25, 0.3) is 0 Å². The molecule has 0 spiro atoms. The monoisotopic (exact) mass is 206 g/mol. The molecule has 0 saturated heterocycles. The Bertz CT molecular complexity index is 280. The van der Waals surface area contributed by atoms with E-state index in [1.807, 2.05) is 6.92 Å². The van der Waals surface area contributed by atoms with Gasteiger partial charge in [0.1, 0.15) is 10.8 Å². The summed E-state index contributed by atoms with van der Waals surface area (Å²) in [6.07, 6.45) is 1.25. The molecular weight excluding hydrogens is 199 g/mol. The molecule has 66 valence electrons. The Hall–Kier alpha value is -0.380. The zero-order chi connectivity index (χ0) is 9.14. The average Bonchev–Trinajstić information content (AvgIpc) is 2.03. The van der Waals surface area contributed by atoms with E-state index in [0.29, 0.717) is 12.1 Å². The second-order valence-electron chi connectivity index (χ2n) is 2.29. The second kappa shape index (κ2) is 4.03. The van der Waals surface area contributed by atoms with E-state index in [9.17, 15) is 5.11 Å². The fourth-order valence-electron chi connectivity index (χ4n) is 0.773. The molecule has 1 unspecified atom stereocenters. The Kier molecular flexibility index (Phi) is 3.26. The van der Waals surface area contributed by atoms with Gasteiger partial charge in [0.15, 0.2) is 5.15 Å². The Morgan fingerprint density at radius 1 is 1.58 bits per heavy atom. The molecular formula is C7H8Cl2N2O. The van der Waals surface area contributed by atoms with Crippen LogP contribution >= 0.6 is 23.2 Å². The number of halogens is 2. The lowest BCUT2D eigenvalue weighted by atomic mass is 10.2. The lowest BCUT2D eigenvalue weighted by Gasteiger charge is -2.07. The van der Waals surface area contributed by atoms with Gasteiger partial charge in [0.05, 0.1) is 12.3 Å². The topological polar surface area (TPSA) is 46.0 Å². The summed E-state index contributed by atoms with van der Waals surface area (Å²) in [5.41, 5.74) is 0.378. The van der Waals surface area contributed by atoms with E-state index in [-0.39, 0.29) is 10.3 Å². The highest BCUT2D eigenvalue weighted by Crippen LogP contribution is 2.21. The normalized spacial score (nSPS) is 13.0. The van der Waals surface area contributed by atoms with Gasteiger partial charge in [0.2, 0.25) is 0 Å². The molecule has 0 aromatic carbocycles. The molecule has 0 amide bonds. The minimum absolute atomic E-state index is 0.164. The number of hydrogen-bond acceptors (Lipinski definition) is 3. The second-order valence-corrected chi connectivity index (χ2v) is 3.04. The van der Waals surface area contributed by atoms with Crippen LogP contribution in [0.1, 0.15) is 25.1 Å². The molecule has 3 nitrogen and oxygen atoms in total. The number of aliphatic hydroxyl groups is 1. The number of aromatic nitrogens is 2. The van der Waals surface area contributed by atoms with Crippen LogP contribution in [0.25, 0.3) is 0 Å². The lowest BCUT2D eigenvalue weighted by molar-refractivity contribution is 0.168. The van der Waals surface area contributed by atoms with Gasteiger partial charge in [0, 0.05) is 0 Å². The molecule has 5 heteroatoms. The van der Waals surface area contributed by atoms with Crippen molar-refractivity contribution in [1.82, 2.24) is 9.97 Å². The molecule has 0 radical (unpaired) electrons. The predicted octanol–water partition coefficient (Wildman–Crippen LogP) is 2.23. The van der Waals surface area contributed by atoms with Gasteiger partial charge in [-0.2, -0.15) is 0 Å². The quantitative estimate of drug-likeness (QED) is 0.808. The largest absolute Gasteiger partial charge is 0.387 e. The van der Waals surface area contributed by atoms with Gasteiger partial charge in [-0.05, 0) is 6.42 Å². The van der Waals surface area contributed by atoms with Crippen molar-refractivity contribution in [1.29, 1.82) is 0 Å². The fraction of sp³-hybridized carbons (Fsp3) is 0.429. The van der Waals surface area contributed by atoms with Crippen LogP contribution in [0.15, 0.2) is 6.20 Å². The van der Waals surface area contributed by atoms with Crippen LogP contribution in [0.4, 0.5) is 0 Å². The van der Waals surface area contributed by atoms with E-state index < -0.39 is 6.10 Å². The molecule has 1 aromatic heterocycles. The van der Waals surface area contributed by atoms with Crippen molar-refractivity contribution in [3.63, 3.8) is 0 Å². The van der Waals surface area contributed by atoms with E-state index in [1.165, 1.54) is 6.20 Å². The zero-order valence-corrected chi connectivity index (χ0v) is 7.97. The van der Waals surface area contributed by atoms with Gasteiger partial charge in [-0.25, -0.2) is 4.98 Å². The molecule has 0 bridgehead atoms. The predicted molar refractivity (Wildman–Crippen MR) is 47.3 cm³/mol. The van der Waals surface area contributed by atoms with Gasteiger partial charge in [-0.15, -0.1) is 0 Å². The zero-order valence-electron chi connectivity index (χ0n) is 6.46. The minimum atomic E-state index is -0.665. The smallest absolute Gasteiger partial charge is 0.154 e. The van der Waals surface area contributed by atoms with Crippen molar-refractivity contribution in [3.8, 4) is 0 Å². The Morgan fingerprint density at radius 2 is 2.25 bits per heavy atom. The SMILES string of the molecule is CCC(O)c1ncc(Cl)nc1Cl. The molecule has 0 fully saturated rings. The van der Waals surface area contributed by atoms with E-state index in [4.69, 9.17) is 23.2 Å². The molecule has 0 saturated carbocycles. The van der Waals surface area contributed by atoms with Crippen molar-refractivity contribution in [3.05, 3.63) is 22.2 Å². The lowest BCUT2D eigenvalue weighted by Crippen LogP contribution is -2.01. The standard InChI is InChI=1S/C7H8Cl2N2O/c1-2-4(12)6-7(9)11-5(8)3-10-6/h3-4,12H,2H2,1H3. The van der Waals surface area contributed by atoms with Crippen LogP contribution < -0.4 is 0 Å². The fourth-order valence-corrected chi connectivity index (χ4v) is 1.22. The summed E-state index contributed by atoms with van der Waals surface area (Å²) in [5.74, 6) is 0. The number of hydrogen-bond donors (Lipinski definition) is 1. The van der Waals surface area contributed by atoms with E-state index >= 15 is 0 Å². The van der Waals surface area contributed by atoms with Gasteiger partial charge in [-0.3, -0.25) is 4.98 Å². The maximum atomic E-state index is 9.37. The van der Waals surface area contributed by atoms with Crippen molar-refractivity contribution in [2.75, 3.05) is 0 Å². The van der Waals surface area contributed by atoms with Crippen molar-refractivity contribution in [2.45, 2.75) is 19.4 Å². The third kappa shape index (κ3) is 2.06. The van der Waals surface area contributed by atoms with Crippen LogP contribution in [0.5, 0.6) is 0 Å². The summed E-state index contributed by atoms with van der Waals surface area (Å²) in [4.78, 5) is 7.62.